The first-order valence-electron chi connectivity index (χ1n) is 9.35. The van der Waals surface area contributed by atoms with Gasteiger partial charge in [-0.25, -0.2) is 13.2 Å². The van der Waals surface area contributed by atoms with Crippen LogP contribution in [0.25, 0.3) is 11.0 Å². The van der Waals surface area contributed by atoms with Gasteiger partial charge < -0.3 is 9.73 Å². The van der Waals surface area contributed by atoms with Crippen LogP contribution < -0.4 is 15.7 Å². The molecule has 7 nitrogen and oxygen atoms in total. The summed E-state index contributed by atoms with van der Waals surface area (Å²) in [7, 11) is -3.77. The summed E-state index contributed by atoms with van der Waals surface area (Å²) in [4.78, 5) is 23.8. The topological polar surface area (TPSA) is 105 Å². The number of benzene rings is 3. The van der Waals surface area contributed by atoms with Crippen molar-refractivity contribution in [3.05, 3.63) is 100 Å². The highest BCUT2D eigenvalue weighted by molar-refractivity contribution is 7.92. The molecule has 4 rings (SSSR count). The van der Waals surface area contributed by atoms with E-state index in [1.807, 2.05) is 19.1 Å². The Morgan fingerprint density at radius 1 is 0.839 bits per heavy atom. The maximum atomic E-state index is 12.6. The number of anilines is 2. The van der Waals surface area contributed by atoms with Crippen molar-refractivity contribution in [3.63, 3.8) is 0 Å². The molecule has 0 spiro atoms. The first-order chi connectivity index (χ1) is 14.8. The zero-order chi connectivity index (χ0) is 22.0. The van der Waals surface area contributed by atoms with Crippen molar-refractivity contribution in [1.29, 1.82) is 0 Å². The van der Waals surface area contributed by atoms with E-state index in [4.69, 9.17) is 4.42 Å². The third kappa shape index (κ3) is 4.65. The Labute approximate surface area is 178 Å². The molecule has 0 fully saturated rings. The summed E-state index contributed by atoms with van der Waals surface area (Å²) in [5.74, 6) is -0.396. The molecule has 1 heterocycles. The fourth-order valence-electron chi connectivity index (χ4n) is 2.97. The Balaban J connectivity index is 1.49. The number of amides is 1. The van der Waals surface area contributed by atoms with E-state index in [0.29, 0.717) is 27.9 Å². The van der Waals surface area contributed by atoms with Gasteiger partial charge in [-0.1, -0.05) is 17.7 Å². The molecule has 0 unspecified atom stereocenters. The Bertz CT molecular complexity index is 1420. The van der Waals surface area contributed by atoms with E-state index in [2.05, 4.69) is 10.0 Å². The van der Waals surface area contributed by atoms with Gasteiger partial charge in [0.2, 0.25) is 0 Å². The molecule has 0 radical (unpaired) electrons. The fourth-order valence-corrected chi connectivity index (χ4v) is 4.03. The van der Waals surface area contributed by atoms with Crippen LogP contribution in [-0.4, -0.2) is 14.3 Å². The molecule has 0 atom stereocenters. The summed E-state index contributed by atoms with van der Waals surface area (Å²) in [5, 5.41) is 3.41. The molecule has 0 aliphatic heterocycles. The number of fused-ring (bicyclic) bond motifs is 1. The molecule has 0 bridgehead atoms. The minimum Gasteiger partial charge on any atom is -0.423 e. The van der Waals surface area contributed by atoms with E-state index in [9.17, 15) is 18.0 Å². The van der Waals surface area contributed by atoms with Crippen molar-refractivity contribution in [1.82, 2.24) is 0 Å². The SMILES string of the molecule is Cc1ccc(NS(=O)(=O)c2ccc(C(=O)Nc3ccc4oc(=O)ccc4c3)cc2)cc1. The summed E-state index contributed by atoms with van der Waals surface area (Å²) in [5.41, 5.74) is 2.27. The summed E-state index contributed by atoms with van der Waals surface area (Å²) in [6, 6.07) is 20.4. The lowest BCUT2D eigenvalue weighted by atomic mass is 10.2. The molecular formula is C23H18N2O5S. The number of carbonyl (C=O) groups excluding carboxylic acids is 1. The first kappa shape index (κ1) is 20.4. The maximum absolute atomic E-state index is 12.6. The largest absolute Gasteiger partial charge is 0.423 e. The van der Waals surface area contributed by atoms with E-state index in [-0.39, 0.29) is 4.90 Å². The summed E-state index contributed by atoms with van der Waals surface area (Å²) >= 11 is 0. The van der Waals surface area contributed by atoms with Crippen LogP contribution >= 0.6 is 0 Å². The molecule has 2 N–H and O–H groups in total. The highest BCUT2D eigenvalue weighted by Crippen LogP contribution is 2.20. The summed E-state index contributed by atoms with van der Waals surface area (Å²) < 4.78 is 32.7. The Kier molecular flexibility index (Phi) is 5.31. The van der Waals surface area contributed by atoms with Gasteiger partial charge in [-0.2, -0.15) is 0 Å². The standard InChI is InChI=1S/C23H18N2O5S/c1-15-2-7-18(8-3-15)25-31(28,29)20-10-4-16(5-11-20)23(27)24-19-9-12-21-17(14-19)6-13-22(26)30-21/h2-14,25H,1H3,(H,24,27). The molecule has 8 heteroatoms. The maximum Gasteiger partial charge on any atom is 0.336 e. The van der Waals surface area contributed by atoms with Gasteiger partial charge in [0, 0.05) is 28.4 Å². The summed E-state index contributed by atoms with van der Waals surface area (Å²) in [6.45, 7) is 1.91. The number of hydrogen-bond acceptors (Lipinski definition) is 5. The van der Waals surface area contributed by atoms with Crippen molar-refractivity contribution in [2.75, 3.05) is 10.0 Å². The first-order valence-corrected chi connectivity index (χ1v) is 10.8. The lowest BCUT2D eigenvalue weighted by Gasteiger charge is -2.10. The van der Waals surface area contributed by atoms with Crippen LogP contribution in [0.1, 0.15) is 15.9 Å². The lowest BCUT2D eigenvalue weighted by molar-refractivity contribution is 0.102. The molecule has 0 aliphatic carbocycles. The quantitative estimate of drug-likeness (QED) is 0.459. The van der Waals surface area contributed by atoms with Crippen LogP contribution in [0.5, 0.6) is 0 Å². The smallest absolute Gasteiger partial charge is 0.336 e. The van der Waals surface area contributed by atoms with Gasteiger partial charge in [-0.3, -0.25) is 9.52 Å². The Morgan fingerprint density at radius 2 is 1.52 bits per heavy atom. The van der Waals surface area contributed by atoms with Gasteiger partial charge in [0.25, 0.3) is 15.9 Å². The zero-order valence-electron chi connectivity index (χ0n) is 16.5. The fraction of sp³-hybridized carbons (Fsp3) is 0.0435. The third-order valence-corrected chi connectivity index (χ3v) is 6.00. The van der Waals surface area contributed by atoms with Gasteiger partial charge >= 0.3 is 5.63 Å². The van der Waals surface area contributed by atoms with E-state index in [1.54, 1.807) is 36.4 Å². The van der Waals surface area contributed by atoms with Crippen molar-refractivity contribution in [2.24, 2.45) is 0 Å². The summed E-state index contributed by atoms with van der Waals surface area (Å²) in [6.07, 6.45) is 0. The molecule has 31 heavy (non-hydrogen) atoms. The Hall–Kier alpha value is -3.91. The van der Waals surface area contributed by atoms with Crippen molar-refractivity contribution >= 4 is 38.3 Å². The molecular weight excluding hydrogens is 416 g/mol. The van der Waals surface area contributed by atoms with E-state index in [0.717, 1.165) is 5.56 Å². The van der Waals surface area contributed by atoms with Crippen LogP contribution in [0.4, 0.5) is 11.4 Å². The van der Waals surface area contributed by atoms with Crippen LogP contribution in [0, 0.1) is 6.92 Å². The zero-order valence-corrected chi connectivity index (χ0v) is 17.3. The number of sulfonamides is 1. The van der Waals surface area contributed by atoms with Crippen molar-refractivity contribution < 1.29 is 17.6 Å². The molecule has 1 aromatic heterocycles. The van der Waals surface area contributed by atoms with Crippen LogP contribution in [0.3, 0.4) is 0 Å². The third-order valence-electron chi connectivity index (χ3n) is 4.61. The van der Waals surface area contributed by atoms with Crippen molar-refractivity contribution in [2.45, 2.75) is 11.8 Å². The molecule has 4 aromatic rings. The lowest BCUT2D eigenvalue weighted by Crippen LogP contribution is -2.14. The minimum absolute atomic E-state index is 0.0466. The number of nitrogens with one attached hydrogen (secondary N) is 2. The molecule has 1 amide bonds. The van der Waals surface area contributed by atoms with Crippen molar-refractivity contribution in [3.8, 4) is 0 Å². The normalized spacial score (nSPS) is 11.3. The second-order valence-corrected chi connectivity index (χ2v) is 8.64. The minimum atomic E-state index is -3.77. The molecule has 156 valence electrons. The number of rotatable bonds is 5. The van der Waals surface area contributed by atoms with Gasteiger partial charge in [0.1, 0.15) is 5.58 Å². The predicted molar refractivity (Wildman–Crippen MR) is 119 cm³/mol. The monoisotopic (exact) mass is 434 g/mol. The van der Waals surface area contributed by atoms with E-state index >= 15 is 0 Å². The molecule has 0 saturated heterocycles. The predicted octanol–water partition coefficient (Wildman–Crippen LogP) is 4.15. The van der Waals surface area contributed by atoms with Crippen LogP contribution in [-0.2, 0) is 10.0 Å². The van der Waals surface area contributed by atoms with Crippen LogP contribution in [0.15, 0.2) is 93.0 Å². The van der Waals surface area contributed by atoms with Gasteiger partial charge in [0.15, 0.2) is 0 Å². The van der Waals surface area contributed by atoms with E-state index < -0.39 is 21.6 Å². The number of aryl methyl sites for hydroxylation is 1. The second kappa shape index (κ2) is 8.08. The van der Waals surface area contributed by atoms with Gasteiger partial charge in [-0.05, 0) is 67.6 Å². The number of carbonyl (C=O) groups is 1. The molecule has 0 saturated carbocycles. The van der Waals surface area contributed by atoms with E-state index in [1.165, 1.54) is 30.3 Å². The Morgan fingerprint density at radius 3 is 2.23 bits per heavy atom. The highest BCUT2D eigenvalue weighted by Gasteiger charge is 2.15. The second-order valence-electron chi connectivity index (χ2n) is 6.96. The highest BCUT2D eigenvalue weighted by atomic mass is 32.2. The average Bonchev–Trinajstić information content (AvgIpc) is 2.75. The van der Waals surface area contributed by atoms with Gasteiger partial charge in [0.05, 0.1) is 4.90 Å². The molecule has 0 aliphatic rings. The van der Waals surface area contributed by atoms with Gasteiger partial charge in [-0.15, -0.1) is 0 Å². The average molecular weight is 434 g/mol. The number of hydrogen-bond donors (Lipinski definition) is 2. The van der Waals surface area contributed by atoms with Crippen LogP contribution in [0.2, 0.25) is 0 Å². The molecule has 3 aromatic carbocycles.